The maximum absolute atomic E-state index is 10.5. The molecule has 0 fully saturated rings. The molecule has 0 unspecified atom stereocenters. The first-order valence-corrected chi connectivity index (χ1v) is 9.31. The van der Waals surface area contributed by atoms with Gasteiger partial charge in [-0.2, -0.15) is 5.10 Å². The highest BCUT2D eigenvalue weighted by molar-refractivity contribution is 6.13. The summed E-state index contributed by atoms with van der Waals surface area (Å²) in [6, 6.07) is 5.51. The fourth-order valence-corrected chi connectivity index (χ4v) is 3.27. The third kappa shape index (κ3) is 3.50. The van der Waals surface area contributed by atoms with Crippen molar-refractivity contribution < 1.29 is 10.2 Å². The van der Waals surface area contributed by atoms with Crippen LogP contribution in [-0.4, -0.2) is 47.3 Å². The predicted octanol–water partition coefficient (Wildman–Crippen LogP) is 3.53. The number of nitrogens with zero attached hydrogens (tertiary/aromatic N) is 5. The molecule has 148 valence electrons. The van der Waals surface area contributed by atoms with Gasteiger partial charge in [-0.25, -0.2) is 4.99 Å². The number of nitrogens with one attached hydrogen (secondary N) is 1. The van der Waals surface area contributed by atoms with E-state index >= 15 is 0 Å². The Morgan fingerprint density at radius 3 is 2.90 bits per heavy atom. The minimum atomic E-state index is -0.128. The summed E-state index contributed by atoms with van der Waals surface area (Å²) in [4.78, 5) is 16.2. The average Bonchev–Trinajstić information content (AvgIpc) is 3.30. The number of aromatic hydroxyl groups is 1. The molecule has 0 bridgehead atoms. The molecule has 4 aromatic heterocycles. The molecule has 4 heterocycles. The van der Waals surface area contributed by atoms with Crippen molar-refractivity contribution in [3.63, 3.8) is 0 Å². The van der Waals surface area contributed by atoms with Crippen LogP contribution in [0.4, 0.5) is 5.82 Å². The van der Waals surface area contributed by atoms with Crippen molar-refractivity contribution in [1.29, 1.82) is 0 Å². The molecule has 1 atom stereocenters. The van der Waals surface area contributed by atoms with Crippen LogP contribution in [0.25, 0.3) is 22.2 Å². The Bertz CT molecular complexity index is 1210. The van der Waals surface area contributed by atoms with Crippen LogP contribution in [0.3, 0.4) is 0 Å². The summed E-state index contributed by atoms with van der Waals surface area (Å²) in [5, 5.41) is 25.0. The number of aromatic amines is 1. The van der Waals surface area contributed by atoms with Crippen molar-refractivity contribution in [3.8, 4) is 17.1 Å². The van der Waals surface area contributed by atoms with Gasteiger partial charge in [0.2, 0.25) is 0 Å². The van der Waals surface area contributed by atoms with Gasteiger partial charge in [0.05, 0.1) is 41.3 Å². The standard InChI is InChI=1S/C21H22N6O2/c1-12-4-6-22-9-16(12)17-8-15-18(10-23-17)25-21(29)20(15)14(3)24-19-5-7-27(26-19)13(2)11-28/h4-10,13,25,28-29H,11H2,1-3H3/t13-/m1/s1. The Morgan fingerprint density at radius 1 is 1.31 bits per heavy atom. The zero-order chi connectivity index (χ0) is 20.5. The monoisotopic (exact) mass is 390 g/mol. The highest BCUT2D eigenvalue weighted by Crippen LogP contribution is 2.31. The van der Waals surface area contributed by atoms with Crippen LogP contribution in [0.2, 0.25) is 0 Å². The fourth-order valence-electron chi connectivity index (χ4n) is 3.27. The van der Waals surface area contributed by atoms with E-state index in [2.05, 4.69) is 25.0 Å². The molecule has 8 heteroatoms. The molecule has 0 radical (unpaired) electrons. The zero-order valence-electron chi connectivity index (χ0n) is 16.5. The Kier molecular flexibility index (Phi) is 4.85. The van der Waals surface area contributed by atoms with Gasteiger partial charge in [0.15, 0.2) is 11.7 Å². The number of H-pyrrole nitrogens is 1. The lowest BCUT2D eigenvalue weighted by molar-refractivity contribution is 0.230. The normalized spacial score (nSPS) is 13.2. The third-order valence-corrected chi connectivity index (χ3v) is 4.93. The minimum absolute atomic E-state index is 0.00338. The number of aliphatic hydroxyl groups excluding tert-OH is 1. The smallest absolute Gasteiger partial charge is 0.198 e. The van der Waals surface area contributed by atoms with E-state index in [4.69, 9.17) is 0 Å². The minimum Gasteiger partial charge on any atom is -0.494 e. The SMILES string of the molecule is CC(=Nc1ccn([C@H](C)CO)n1)c1c(O)[nH]c2cnc(-c3cnccc3C)cc12. The number of aliphatic imine (C=N–C) groups is 1. The summed E-state index contributed by atoms with van der Waals surface area (Å²) in [6.07, 6.45) is 7.00. The Labute approximate surface area is 167 Å². The summed E-state index contributed by atoms with van der Waals surface area (Å²) in [7, 11) is 0. The van der Waals surface area contributed by atoms with E-state index in [0.29, 0.717) is 17.1 Å². The van der Waals surface area contributed by atoms with Crippen molar-refractivity contribution in [2.45, 2.75) is 26.8 Å². The lowest BCUT2D eigenvalue weighted by Crippen LogP contribution is -2.09. The van der Waals surface area contributed by atoms with Gasteiger partial charge in [0.25, 0.3) is 0 Å². The summed E-state index contributed by atoms with van der Waals surface area (Å²) in [6.45, 7) is 5.70. The molecule has 0 spiro atoms. The maximum atomic E-state index is 10.5. The van der Waals surface area contributed by atoms with E-state index in [-0.39, 0.29) is 18.5 Å². The van der Waals surface area contributed by atoms with Crippen molar-refractivity contribution in [3.05, 3.63) is 54.1 Å². The van der Waals surface area contributed by atoms with Gasteiger partial charge < -0.3 is 15.2 Å². The van der Waals surface area contributed by atoms with Crippen LogP contribution < -0.4 is 0 Å². The first kappa shape index (κ1) is 18.8. The van der Waals surface area contributed by atoms with E-state index in [0.717, 1.165) is 27.7 Å². The summed E-state index contributed by atoms with van der Waals surface area (Å²) < 4.78 is 1.66. The number of aromatic nitrogens is 5. The largest absolute Gasteiger partial charge is 0.494 e. The Balaban J connectivity index is 1.78. The molecule has 0 aliphatic carbocycles. The van der Waals surface area contributed by atoms with Crippen molar-refractivity contribution in [1.82, 2.24) is 24.7 Å². The number of hydrogen-bond acceptors (Lipinski definition) is 6. The van der Waals surface area contributed by atoms with Gasteiger partial charge in [-0.3, -0.25) is 14.6 Å². The third-order valence-electron chi connectivity index (χ3n) is 4.93. The van der Waals surface area contributed by atoms with Crippen molar-refractivity contribution in [2.75, 3.05) is 6.61 Å². The molecule has 8 nitrogen and oxygen atoms in total. The highest BCUT2D eigenvalue weighted by Gasteiger charge is 2.16. The first-order chi connectivity index (χ1) is 14.0. The number of hydrogen-bond donors (Lipinski definition) is 3. The summed E-state index contributed by atoms with van der Waals surface area (Å²) in [5.74, 6) is 0.542. The van der Waals surface area contributed by atoms with E-state index in [1.165, 1.54) is 0 Å². The molecule has 4 aromatic rings. The molecule has 4 rings (SSSR count). The van der Waals surface area contributed by atoms with Gasteiger partial charge in [0.1, 0.15) is 0 Å². The van der Waals surface area contributed by atoms with Gasteiger partial charge in [-0.1, -0.05) is 0 Å². The lowest BCUT2D eigenvalue weighted by Gasteiger charge is -2.07. The fraction of sp³-hybridized carbons (Fsp3) is 0.238. The van der Waals surface area contributed by atoms with Crippen LogP contribution in [0.1, 0.15) is 31.0 Å². The number of fused-ring (bicyclic) bond motifs is 1. The maximum Gasteiger partial charge on any atom is 0.198 e. The van der Waals surface area contributed by atoms with Crippen molar-refractivity contribution in [2.24, 2.45) is 4.99 Å². The topological polar surface area (TPSA) is 112 Å². The molecule has 0 aliphatic heterocycles. The quantitative estimate of drug-likeness (QED) is 0.451. The Morgan fingerprint density at radius 2 is 2.14 bits per heavy atom. The van der Waals surface area contributed by atoms with E-state index in [9.17, 15) is 10.2 Å². The van der Waals surface area contributed by atoms with Gasteiger partial charge in [0, 0.05) is 35.6 Å². The lowest BCUT2D eigenvalue weighted by atomic mass is 10.0. The average molecular weight is 390 g/mol. The molecule has 0 aliphatic rings. The predicted molar refractivity (Wildman–Crippen MR) is 112 cm³/mol. The van der Waals surface area contributed by atoms with Crippen molar-refractivity contribution >= 4 is 22.4 Å². The first-order valence-electron chi connectivity index (χ1n) is 9.31. The molecule has 0 saturated carbocycles. The summed E-state index contributed by atoms with van der Waals surface area (Å²) in [5.41, 5.74) is 4.73. The molecule has 0 saturated heterocycles. The molecule has 3 N–H and O–H groups in total. The van der Waals surface area contributed by atoms with Crippen LogP contribution in [0.15, 0.2) is 48.0 Å². The molecular formula is C21H22N6O2. The molecule has 29 heavy (non-hydrogen) atoms. The second-order valence-corrected chi connectivity index (χ2v) is 7.04. The van der Waals surface area contributed by atoms with Gasteiger partial charge in [-0.15, -0.1) is 0 Å². The van der Waals surface area contributed by atoms with Gasteiger partial charge >= 0.3 is 0 Å². The number of aryl methyl sites for hydroxylation is 1. The number of aliphatic hydroxyl groups is 1. The van der Waals surface area contributed by atoms with Crippen LogP contribution in [-0.2, 0) is 0 Å². The zero-order valence-corrected chi connectivity index (χ0v) is 16.5. The van der Waals surface area contributed by atoms with E-state index in [1.54, 1.807) is 35.5 Å². The number of rotatable bonds is 5. The Hall–Kier alpha value is -3.52. The second-order valence-electron chi connectivity index (χ2n) is 7.04. The molecule has 0 aromatic carbocycles. The van der Waals surface area contributed by atoms with Gasteiger partial charge in [-0.05, 0) is 38.5 Å². The van der Waals surface area contributed by atoms with Crippen LogP contribution in [0, 0.1) is 6.92 Å². The van der Waals surface area contributed by atoms with E-state index in [1.807, 2.05) is 32.9 Å². The number of pyridine rings is 2. The highest BCUT2D eigenvalue weighted by atomic mass is 16.3. The molecule has 0 amide bonds. The summed E-state index contributed by atoms with van der Waals surface area (Å²) >= 11 is 0. The van der Waals surface area contributed by atoms with Crippen LogP contribution >= 0.6 is 0 Å². The second kappa shape index (κ2) is 7.48. The van der Waals surface area contributed by atoms with E-state index < -0.39 is 0 Å². The van der Waals surface area contributed by atoms with Crippen LogP contribution in [0.5, 0.6) is 5.88 Å². The molecular weight excluding hydrogens is 368 g/mol.